The van der Waals surface area contributed by atoms with E-state index >= 15 is 0 Å². The van der Waals surface area contributed by atoms with Crippen molar-refractivity contribution < 1.29 is 14.3 Å². The lowest BCUT2D eigenvalue weighted by Crippen LogP contribution is -2.51. The molecule has 0 aromatic rings. The summed E-state index contributed by atoms with van der Waals surface area (Å²) < 4.78 is 5.71. The molecule has 2 atom stereocenters. The quantitative estimate of drug-likeness (QED) is 0.806. The van der Waals surface area contributed by atoms with Crippen LogP contribution in [0.25, 0.3) is 0 Å². The number of nitrogens with one attached hydrogen (secondary N) is 1. The molecule has 0 aromatic carbocycles. The van der Waals surface area contributed by atoms with Crippen LogP contribution in [0.2, 0.25) is 0 Å². The molecular weight excluding hydrogens is 254 g/mol. The van der Waals surface area contributed by atoms with Crippen LogP contribution in [0, 0.1) is 16.2 Å². The number of esters is 1. The highest BCUT2D eigenvalue weighted by Crippen LogP contribution is 2.65. The third kappa shape index (κ3) is 1.73. The highest BCUT2D eigenvalue weighted by atomic mass is 16.6. The van der Waals surface area contributed by atoms with E-state index in [-0.39, 0.29) is 22.7 Å². The first-order chi connectivity index (χ1) is 9.02. The van der Waals surface area contributed by atoms with Crippen molar-refractivity contribution in [1.82, 2.24) is 5.32 Å². The second-order valence-corrected chi connectivity index (χ2v) is 7.76. The Hall–Kier alpha value is -1.06. The van der Waals surface area contributed by atoms with Crippen LogP contribution in [0.4, 0.5) is 0 Å². The molecule has 2 rings (SSSR count). The van der Waals surface area contributed by atoms with Gasteiger partial charge in [-0.05, 0) is 26.2 Å². The van der Waals surface area contributed by atoms with Gasteiger partial charge in [-0.1, -0.05) is 34.6 Å². The van der Waals surface area contributed by atoms with Crippen LogP contribution in [0.1, 0.15) is 60.8 Å². The van der Waals surface area contributed by atoms with Crippen LogP contribution < -0.4 is 5.32 Å². The highest BCUT2D eigenvalue weighted by Gasteiger charge is 2.72. The van der Waals surface area contributed by atoms with Crippen molar-refractivity contribution in [2.24, 2.45) is 16.2 Å². The Morgan fingerprint density at radius 2 is 1.90 bits per heavy atom. The van der Waals surface area contributed by atoms with Crippen molar-refractivity contribution in [3.63, 3.8) is 0 Å². The minimum absolute atomic E-state index is 0.0294. The van der Waals surface area contributed by atoms with E-state index in [0.29, 0.717) is 6.54 Å². The zero-order valence-corrected chi connectivity index (χ0v) is 13.6. The molecule has 2 aliphatic rings. The Morgan fingerprint density at radius 1 is 1.30 bits per heavy atom. The monoisotopic (exact) mass is 281 g/mol. The van der Waals surface area contributed by atoms with Crippen molar-refractivity contribution >= 4 is 11.9 Å². The largest absolute Gasteiger partial charge is 0.456 e. The van der Waals surface area contributed by atoms with Gasteiger partial charge in [-0.25, -0.2) is 0 Å². The molecule has 1 N–H and O–H groups in total. The third-order valence-corrected chi connectivity index (χ3v) is 6.32. The van der Waals surface area contributed by atoms with Gasteiger partial charge < -0.3 is 10.1 Å². The number of carbonyl (C=O) groups is 2. The maximum Gasteiger partial charge on any atom is 0.313 e. The molecule has 2 bridgehead atoms. The summed E-state index contributed by atoms with van der Waals surface area (Å²) in [6, 6.07) is 0. The average Bonchev–Trinajstić information content (AvgIpc) is 2.65. The number of amides is 1. The smallest absolute Gasteiger partial charge is 0.313 e. The molecule has 1 aliphatic carbocycles. The number of ether oxygens (including phenoxy) is 1. The molecule has 114 valence electrons. The minimum atomic E-state index is -0.543. The Kier molecular flexibility index (Phi) is 3.23. The van der Waals surface area contributed by atoms with Crippen molar-refractivity contribution in [1.29, 1.82) is 0 Å². The van der Waals surface area contributed by atoms with Gasteiger partial charge in [-0.2, -0.15) is 0 Å². The zero-order chi connectivity index (χ0) is 15.4. The van der Waals surface area contributed by atoms with Gasteiger partial charge in [0.2, 0.25) is 5.91 Å². The van der Waals surface area contributed by atoms with Crippen LogP contribution in [0.3, 0.4) is 0 Å². The molecule has 1 aliphatic heterocycles. The predicted molar refractivity (Wildman–Crippen MR) is 77.0 cm³/mol. The first kappa shape index (κ1) is 15.3. The van der Waals surface area contributed by atoms with E-state index in [1.54, 1.807) is 0 Å². The first-order valence-corrected chi connectivity index (χ1v) is 7.54. The summed E-state index contributed by atoms with van der Waals surface area (Å²) in [4.78, 5) is 24.4. The van der Waals surface area contributed by atoms with Crippen LogP contribution >= 0.6 is 0 Å². The van der Waals surface area contributed by atoms with E-state index < -0.39 is 11.0 Å². The molecule has 2 unspecified atom stereocenters. The Bertz CT molecular complexity index is 455. The molecule has 1 heterocycles. The maximum absolute atomic E-state index is 12.2. The molecule has 0 radical (unpaired) electrons. The molecule has 4 heteroatoms. The SMILES string of the molecule is CCC(C)(C)C(=O)NCC12CCC(C)(C(=O)O1)C2(C)C. The van der Waals surface area contributed by atoms with Crippen molar-refractivity contribution in [3.05, 3.63) is 0 Å². The lowest BCUT2D eigenvalue weighted by molar-refractivity contribution is -0.160. The van der Waals surface area contributed by atoms with Crippen molar-refractivity contribution in [3.8, 4) is 0 Å². The summed E-state index contributed by atoms with van der Waals surface area (Å²) in [5.74, 6) is -0.0838. The topological polar surface area (TPSA) is 55.4 Å². The van der Waals surface area contributed by atoms with Gasteiger partial charge in [0.05, 0.1) is 12.0 Å². The number of carbonyl (C=O) groups excluding carboxylic acids is 2. The van der Waals surface area contributed by atoms with Gasteiger partial charge in [0.1, 0.15) is 5.60 Å². The van der Waals surface area contributed by atoms with Gasteiger partial charge >= 0.3 is 5.97 Å². The second kappa shape index (κ2) is 4.22. The summed E-state index contributed by atoms with van der Waals surface area (Å²) >= 11 is 0. The Morgan fingerprint density at radius 3 is 2.30 bits per heavy atom. The summed E-state index contributed by atoms with van der Waals surface area (Å²) in [5, 5.41) is 3.01. The van der Waals surface area contributed by atoms with E-state index in [2.05, 4.69) is 19.2 Å². The molecule has 0 spiro atoms. The average molecular weight is 281 g/mol. The summed E-state index contributed by atoms with van der Waals surface area (Å²) in [6.07, 6.45) is 2.45. The van der Waals surface area contributed by atoms with Crippen LogP contribution in [-0.2, 0) is 14.3 Å². The molecule has 1 saturated carbocycles. The minimum Gasteiger partial charge on any atom is -0.456 e. The number of hydrogen-bond donors (Lipinski definition) is 1. The van der Waals surface area contributed by atoms with E-state index in [1.807, 2.05) is 27.7 Å². The van der Waals surface area contributed by atoms with Crippen LogP contribution in [0.5, 0.6) is 0 Å². The van der Waals surface area contributed by atoms with E-state index in [0.717, 1.165) is 19.3 Å². The molecule has 0 aromatic heterocycles. The normalized spacial score (nSPS) is 35.0. The van der Waals surface area contributed by atoms with E-state index in [1.165, 1.54) is 0 Å². The predicted octanol–water partition coefficient (Wildman–Crippen LogP) is 2.66. The molecule has 20 heavy (non-hydrogen) atoms. The summed E-state index contributed by atoms with van der Waals surface area (Å²) in [5.41, 5.74) is -1.59. The van der Waals surface area contributed by atoms with Gasteiger partial charge in [-0.15, -0.1) is 0 Å². The summed E-state index contributed by atoms with van der Waals surface area (Å²) in [6.45, 7) is 12.5. The lowest BCUT2D eigenvalue weighted by atomic mass is 9.66. The fourth-order valence-electron chi connectivity index (χ4n) is 3.37. The van der Waals surface area contributed by atoms with Crippen LogP contribution in [0.15, 0.2) is 0 Å². The van der Waals surface area contributed by atoms with Gasteiger partial charge in [0.25, 0.3) is 0 Å². The molecular formula is C16H27NO3. The highest BCUT2D eigenvalue weighted by molar-refractivity contribution is 5.84. The second-order valence-electron chi connectivity index (χ2n) is 7.76. The van der Waals surface area contributed by atoms with E-state index in [4.69, 9.17) is 4.74 Å². The van der Waals surface area contributed by atoms with Gasteiger partial charge in [0, 0.05) is 10.8 Å². The van der Waals surface area contributed by atoms with Gasteiger partial charge in [-0.3, -0.25) is 9.59 Å². The molecule has 2 fully saturated rings. The fourth-order valence-corrected chi connectivity index (χ4v) is 3.37. The first-order valence-electron chi connectivity index (χ1n) is 7.54. The van der Waals surface area contributed by atoms with Crippen LogP contribution in [-0.4, -0.2) is 24.0 Å². The van der Waals surface area contributed by atoms with Crippen molar-refractivity contribution in [2.45, 2.75) is 66.4 Å². The summed E-state index contributed by atoms with van der Waals surface area (Å²) in [7, 11) is 0. The van der Waals surface area contributed by atoms with E-state index in [9.17, 15) is 9.59 Å². The lowest BCUT2D eigenvalue weighted by Gasteiger charge is -2.37. The third-order valence-electron chi connectivity index (χ3n) is 6.32. The molecule has 1 amide bonds. The molecule has 1 saturated heterocycles. The standard InChI is InChI=1S/C16H27NO3/c1-7-13(2,3)11(18)17-10-16-9-8-15(6,12(19)20-16)14(16,4)5/h7-10H2,1-6H3,(H,17,18). The Balaban J connectivity index is 2.15. The zero-order valence-electron chi connectivity index (χ0n) is 13.6. The molecule has 4 nitrogen and oxygen atoms in total. The maximum atomic E-state index is 12.2. The fraction of sp³-hybridized carbons (Fsp3) is 0.875. The van der Waals surface area contributed by atoms with Gasteiger partial charge in [0.15, 0.2) is 0 Å². The number of fused-ring (bicyclic) bond motifs is 2. The number of hydrogen-bond acceptors (Lipinski definition) is 3. The number of rotatable bonds is 4. The Labute approximate surface area is 121 Å². The van der Waals surface area contributed by atoms with Crippen molar-refractivity contribution in [2.75, 3.05) is 6.54 Å².